The number of carbonyl (C=O) groups is 1. The molecule has 1 aromatic carbocycles. The third-order valence-electron chi connectivity index (χ3n) is 5.03. The number of hydrogen-bond acceptors (Lipinski definition) is 8. The maximum Gasteiger partial charge on any atom is 0.434 e. The van der Waals surface area contributed by atoms with Gasteiger partial charge < -0.3 is 5.32 Å². The molecule has 0 saturated carbocycles. The Balaban J connectivity index is 1.50. The lowest BCUT2D eigenvalue weighted by molar-refractivity contribution is -0.143. The number of nitrogens with zero attached hydrogens (tertiary/aromatic N) is 4. The SMILES string of the molecule is O=C(Nc1cnc(C2NNNN2)c(Cl)c1)c1cnn(-c2cccc3ncccc23)c1C(F)(F)F. The van der Waals surface area contributed by atoms with E-state index in [9.17, 15) is 18.0 Å². The summed E-state index contributed by atoms with van der Waals surface area (Å²) in [5.41, 5.74) is 10.1. The highest BCUT2D eigenvalue weighted by atomic mass is 35.5. The van der Waals surface area contributed by atoms with Gasteiger partial charge in [0.2, 0.25) is 0 Å². The molecule has 174 valence electrons. The van der Waals surface area contributed by atoms with Gasteiger partial charge in [0.25, 0.3) is 5.91 Å². The topological polar surface area (TPSA) is 121 Å². The minimum absolute atomic E-state index is 0.118. The number of fused-ring (bicyclic) bond motifs is 1. The van der Waals surface area contributed by atoms with Crippen molar-refractivity contribution in [2.45, 2.75) is 12.3 Å². The van der Waals surface area contributed by atoms with Crippen molar-refractivity contribution >= 4 is 34.1 Å². The quantitative estimate of drug-likeness (QED) is 0.297. The highest BCUT2D eigenvalue weighted by molar-refractivity contribution is 6.31. The van der Waals surface area contributed by atoms with Crippen molar-refractivity contribution < 1.29 is 18.0 Å². The Morgan fingerprint density at radius 2 is 1.88 bits per heavy atom. The number of rotatable bonds is 4. The number of carbonyl (C=O) groups excluding carboxylic acids is 1. The van der Waals surface area contributed by atoms with Gasteiger partial charge in [-0.1, -0.05) is 17.7 Å². The summed E-state index contributed by atoms with van der Waals surface area (Å²) in [7, 11) is 0. The van der Waals surface area contributed by atoms with E-state index >= 15 is 0 Å². The van der Waals surface area contributed by atoms with Crippen LogP contribution in [0.2, 0.25) is 5.02 Å². The van der Waals surface area contributed by atoms with Gasteiger partial charge in [-0.25, -0.2) is 15.5 Å². The predicted molar refractivity (Wildman–Crippen MR) is 116 cm³/mol. The van der Waals surface area contributed by atoms with Gasteiger partial charge >= 0.3 is 6.18 Å². The molecule has 0 unspecified atom stereocenters. The summed E-state index contributed by atoms with van der Waals surface area (Å²) in [6.45, 7) is 0. The van der Waals surface area contributed by atoms with E-state index in [1.165, 1.54) is 24.5 Å². The van der Waals surface area contributed by atoms with Gasteiger partial charge in [0.1, 0.15) is 6.17 Å². The van der Waals surface area contributed by atoms with E-state index in [1.54, 1.807) is 24.3 Å². The number of halogens is 4. The molecule has 34 heavy (non-hydrogen) atoms. The Kier molecular flexibility index (Phi) is 5.63. The number of anilines is 1. The lowest BCUT2D eigenvalue weighted by Crippen LogP contribution is -2.33. The Bertz CT molecular complexity index is 1380. The van der Waals surface area contributed by atoms with Crippen molar-refractivity contribution in [3.63, 3.8) is 0 Å². The summed E-state index contributed by atoms with van der Waals surface area (Å²) in [5, 5.41) is 6.93. The third kappa shape index (κ3) is 4.06. The van der Waals surface area contributed by atoms with Crippen LogP contribution < -0.4 is 27.2 Å². The molecule has 14 heteroatoms. The number of hydrogen-bond donors (Lipinski definition) is 5. The number of benzene rings is 1. The van der Waals surface area contributed by atoms with E-state index in [2.05, 4.69) is 42.3 Å². The smallest absolute Gasteiger partial charge is 0.320 e. The minimum atomic E-state index is -4.87. The molecule has 1 fully saturated rings. The molecule has 4 heterocycles. The first kappa shape index (κ1) is 22.2. The summed E-state index contributed by atoms with van der Waals surface area (Å²) >= 11 is 6.23. The maximum atomic E-state index is 14.1. The Morgan fingerprint density at radius 3 is 2.62 bits per heavy atom. The fraction of sp³-hybridized carbons (Fsp3) is 0.100. The zero-order chi connectivity index (χ0) is 23.9. The highest BCUT2D eigenvalue weighted by Crippen LogP contribution is 2.35. The maximum absolute atomic E-state index is 14.1. The number of alkyl halides is 3. The van der Waals surface area contributed by atoms with E-state index in [-0.39, 0.29) is 16.4 Å². The molecule has 0 atom stereocenters. The van der Waals surface area contributed by atoms with E-state index in [0.717, 1.165) is 6.20 Å². The summed E-state index contributed by atoms with van der Waals surface area (Å²) in [4.78, 5) is 21.2. The van der Waals surface area contributed by atoms with Crippen LogP contribution >= 0.6 is 11.6 Å². The Morgan fingerprint density at radius 1 is 1.09 bits per heavy atom. The number of hydrazine groups is 3. The number of nitrogens with one attached hydrogen (secondary N) is 5. The second-order valence-corrected chi connectivity index (χ2v) is 7.59. The lowest BCUT2D eigenvalue weighted by atomic mass is 10.1. The Hall–Kier alpha value is -3.62. The molecule has 4 aromatic rings. The lowest BCUT2D eigenvalue weighted by Gasteiger charge is -2.15. The molecular formula is C20H15ClF3N9O. The van der Waals surface area contributed by atoms with Crippen LogP contribution in [0.1, 0.15) is 27.9 Å². The predicted octanol–water partition coefficient (Wildman–Crippen LogP) is 2.86. The van der Waals surface area contributed by atoms with Crippen LogP contribution in [0.25, 0.3) is 16.6 Å². The molecule has 1 amide bonds. The van der Waals surface area contributed by atoms with Crippen LogP contribution in [-0.4, -0.2) is 25.7 Å². The van der Waals surface area contributed by atoms with Gasteiger partial charge in [0.05, 0.1) is 45.6 Å². The molecule has 1 aliphatic heterocycles. The van der Waals surface area contributed by atoms with Gasteiger partial charge in [0.15, 0.2) is 5.69 Å². The van der Waals surface area contributed by atoms with Crippen molar-refractivity contribution in [3.05, 3.63) is 77.0 Å². The second-order valence-electron chi connectivity index (χ2n) is 7.18. The van der Waals surface area contributed by atoms with Gasteiger partial charge in [-0.15, -0.1) is 0 Å². The molecule has 0 radical (unpaired) electrons. The monoisotopic (exact) mass is 489 g/mol. The average Bonchev–Trinajstić information content (AvgIpc) is 3.49. The number of amides is 1. The fourth-order valence-corrected chi connectivity index (χ4v) is 3.83. The molecule has 3 aromatic heterocycles. The van der Waals surface area contributed by atoms with Crippen molar-refractivity contribution in [1.82, 2.24) is 41.7 Å². The van der Waals surface area contributed by atoms with Crippen molar-refractivity contribution in [2.24, 2.45) is 0 Å². The normalized spacial score (nSPS) is 14.6. The molecule has 10 nitrogen and oxygen atoms in total. The van der Waals surface area contributed by atoms with Crippen molar-refractivity contribution in [1.29, 1.82) is 0 Å². The zero-order valence-electron chi connectivity index (χ0n) is 17.0. The molecule has 0 aliphatic carbocycles. The summed E-state index contributed by atoms with van der Waals surface area (Å²) in [6, 6.07) is 9.35. The summed E-state index contributed by atoms with van der Waals surface area (Å²) < 4.78 is 43.0. The van der Waals surface area contributed by atoms with Gasteiger partial charge in [-0.05, 0) is 30.3 Å². The molecule has 5 N–H and O–H groups in total. The van der Waals surface area contributed by atoms with Gasteiger partial charge in [-0.3, -0.25) is 14.8 Å². The first-order valence-electron chi connectivity index (χ1n) is 9.80. The van der Waals surface area contributed by atoms with Crippen LogP contribution in [0.15, 0.2) is 55.0 Å². The van der Waals surface area contributed by atoms with E-state index < -0.39 is 29.5 Å². The van der Waals surface area contributed by atoms with E-state index in [0.29, 0.717) is 21.3 Å². The summed E-state index contributed by atoms with van der Waals surface area (Å²) in [5.74, 6) is -1.01. The first-order valence-corrected chi connectivity index (χ1v) is 10.2. The minimum Gasteiger partial charge on any atom is -0.320 e. The van der Waals surface area contributed by atoms with Gasteiger partial charge in [0, 0.05) is 11.6 Å². The molecule has 0 bridgehead atoms. The van der Waals surface area contributed by atoms with Crippen LogP contribution in [0, 0.1) is 0 Å². The standard InChI is InChI=1S/C20H15ClF3N9O/c21-13-7-10(8-26-16(13)18-29-31-32-30-18)28-19(34)12-9-27-33(17(12)20(22,23)24)15-5-1-4-14-11(15)3-2-6-25-14/h1-9,18,29-32H,(H,28,34). The molecule has 1 aliphatic rings. The second kappa shape index (κ2) is 8.62. The first-order chi connectivity index (χ1) is 16.3. The largest absolute Gasteiger partial charge is 0.434 e. The number of aromatic nitrogens is 4. The van der Waals surface area contributed by atoms with E-state index in [4.69, 9.17) is 11.6 Å². The fourth-order valence-electron chi connectivity index (χ4n) is 3.56. The molecular weight excluding hydrogens is 475 g/mol. The van der Waals surface area contributed by atoms with Crippen LogP contribution in [0.3, 0.4) is 0 Å². The Labute approximate surface area is 194 Å². The molecule has 5 rings (SSSR count). The van der Waals surface area contributed by atoms with Crippen molar-refractivity contribution in [2.75, 3.05) is 5.32 Å². The van der Waals surface area contributed by atoms with E-state index in [1.807, 2.05) is 0 Å². The average molecular weight is 490 g/mol. The molecule has 1 saturated heterocycles. The number of pyridine rings is 2. The van der Waals surface area contributed by atoms with Gasteiger partial charge in [-0.2, -0.15) is 29.3 Å². The van der Waals surface area contributed by atoms with Crippen LogP contribution in [0.4, 0.5) is 18.9 Å². The van der Waals surface area contributed by atoms with Crippen LogP contribution in [-0.2, 0) is 6.18 Å². The molecule has 0 spiro atoms. The zero-order valence-corrected chi connectivity index (χ0v) is 17.7. The third-order valence-corrected chi connectivity index (χ3v) is 5.33. The highest BCUT2D eigenvalue weighted by Gasteiger charge is 2.41. The van der Waals surface area contributed by atoms with Crippen molar-refractivity contribution in [3.8, 4) is 5.69 Å². The summed E-state index contributed by atoms with van der Waals surface area (Å²) in [6.07, 6.45) is -1.63. The van der Waals surface area contributed by atoms with Crippen LogP contribution in [0.5, 0.6) is 0 Å².